The molecule has 0 unspecified atom stereocenters. The molecule has 0 bridgehead atoms. The van der Waals surface area contributed by atoms with E-state index in [0.717, 1.165) is 23.8 Å². The monoisotopic (exact) mass is 480 g/mol. The molecule has 0 spiro atoms. The van der Waals surface area contributed by atoms with Crippen LogP contribution in [-0.4, -0.2) is 18.1 Å². The average molecular weight is 482 g/mol. The van der Waals surface area contributed by atoms with Crippen molar-refractivity contribution in [2.45, 2.75) is 13.1 Å². The number of ether oxygens (including phenoxy) is 1. The van der Waals surface area contributed by atoms with Gasteiger partial charge >= 0.3 is 6.18 Å². The number of benzene rings is 2. The molecule has 0 aromatic heterocycles. The minimum Gasteiger partial charge on any atom is -0.496 e. The first-order valence-corrected chi connectivity index (χ1v) is 8.94. The summed E-state index contributed by atoms with van der Waals surface area (Å²) in [5, 5.41) is 4.72. The molecule has 2 N–H and O–H groups in total. The zero-order chi connectivity index (χ0) is 20.4. The van der Waals surface area contributed by atoms with Gasteiger partial charge in [0.2, 0.25) is 0 Å². The first-order chi connectivity index (χ1) is 12.5. The van der Waals surface area contributed by atoms with Crippen molar-refractivity contribution in [3.8, 4) is 5.75 Å². The van der Waals surface area contributed by atoms with Crippen molar-refractivity contribution >= 4 is 56.5 Å². The number of thiocarbonyl (C=S) groups is 1. The van der Waals surface area contributed by atoms with Gasteiger partial charge in [0.1, 0.15) is 5.75 Å². The Labute approximate surface area is 172 Å². The van der Waals surface area contributed by atoms with Crippen molar-refractivity contribution in [1.82, 2.24) is 5.32 Å². The number of hydrogen-bond donors (Lipinski definition) is 2. The van der Waals surface area contributed by atoms with Crippen LogP contribution in [0.5, 0.6) is 5.75 Å². The Morgan fingerprint density at radius 3 is 2.52 bits per heavy atom. The first kappa shape index (κ1) is 21.5. The molecular weight excluding hydrogens is 469 g/mol. The van der Waals surface area contributed by atoms with Crippen LogP contribution >= 0.6 is 39.7 Å². The average Bonchev–Trinajstić information content (AvgIpc) is 2.55. The van der Waals surface area contributed by atoms with Crippen molar-refractivity contribution in [2.75, 3.05) is 12.4 Å². The van der Waals surface area contributed by atoms with Crippen molar-refractivity contribution < 1.29 is 22.7 Å². The summed E-state index contributed by atoms with van der Waals surface area (Å²) in [7, 11) is 1.42. The number of hydrogen-bond acceptors (Lipinski definition) is 3. The van der Waals surface area contributed by atoms with Gasteiger partial charge in [-0.15, -0.1) is 0 Å². The molecule has 0 aliphatic carbocycles. The minimum atomic E-state index is -4.53. The molecule has 2 aromatic carbocycles. The van der Waals surface area contributed by atoms with Gasteiger partial charge in [0.25, 0.3) is 5.91 Å². The summed E-state index contributed by atoms with van der Waals surface area (Å²) in [6.07, 6.45) is -4.53. The minimum absolute atomic E-state index is 0.0236. The normalized spacial score (nSPS) is 11.1. The van der Waals surface area contributed by atoms with Crippen LogP contribution in [0.2, 0.25) is 5.02 Å². The Kier molecular flexibility index (Phi) is 6.72. The van der Waals surface area contributed by atoms with Crippen LogP contribution in [0.3, 0.4) is 0 Å². The summed E-state index contributed by atoms with van der Waals surface area (Å²) >= 11 is 14.2. The molecule has 2 aromatic rings. The van der Waals surface area contributed by atoms with E-state index in [1.54, 1.807) is 19.1 Å². The van der Waals surface area contributed by atoms with Gasteiger partial charge in [0, 0.05) is 4.47 Å². The highest BCUT2D eigenvalue weighted by Crippen LogP contribution is 2.34. The van der Waals surface area contributed by atoms with E-state index in [0.29, 0.717) is 10.2 Å². The second-order valence-corrected chi connectivity index (χ2v) is 7.14. The fourth-order valence-corrected chi connectivity index (χ4v) is 3.23. The zero-order valence-electron chi connectivity index (χ0n) is 14.0. The van der Waals surface area contributed by atoms with E-state index in [1.807, 2.05) is 0 Å². The largest absolute Gasteiger partial charge is 0.496 e. The lowest BCUT2D eigenvalue weighted by Crippen LogP contribution is -2.34. The SMILES string of the molecule is COc1c(C)cc(Br)cc1C(=O)NC(=S)Nc1cc(C(F)(F)F)ccc1Cl. The molecule has 0 aliphatic heterocycles. The van der Waals surface area contributed by atoms with Gasteiger partial charge in [-0.25, -0.2) is 0 Å². The molecule has 2 rings (SSSR count). The Morgan fingerprint density at radius 1 is 1.26 bits per heavy atom. The van der Waals surface area contributed by atoms with Crippen LogP contribution in [0.1, 0.15) is 21.5 Å². The quantitative estimate of drug-likeness (QED) is 0.563. The lowest BCUT2D eigenvalue weighted by Gasteiger charge is -2.15. The third-order valence-corrected chi connectivity index (χ3v) is 4.45. The number of halogens is 5. The molecule has 1 amide bonds. The number of nitrogens with one attached hydrogen (secondary N) is 2. The van der Waals surface area contributed by atoms with Crippen LogP contribution in [-0.2, 0) is 6.18 Å². The number of anilines is 1. The van der Waals surface area contributed by atoms with Crippen molar-refractivity contribution in [3.63, 3.8) is 0 Å². The van der Waals surface area contributed by atoms with Crippen molar-refractivity contribution in [3.05, 3.63) is 56.5 Å². The number of carbonyl (C=O) groups is 1. The Balaban J connectivity index is 2.21. The number of carbonyl (C=O) groups excluding carboxylic acids is 1. The number of aryl methyl sites for hydroxylation is 1. The third-order valence-electron chi connectivity index (χ3n) is 3.46. The maximum atomic E-state index is 12.8. The van der Waals surface area contributed by atoms with Gasteiger partial charge in [-0.05, 0) is 55.0 Å². The summed E-state index contributed by atoms with van der Waals surface area (Å²) in [6, 6.07) is 6.07. The van der Waals surface area contributed by atoms with Crippen LogP contribution < -0.4 is 15.4 Å². The van der Waals surface area contributed by atoms with E-state index in [9.17, 15) is 18.0 Å². The maximum Gasteiger partial charge on any atom is 0.416 e. The summed E-state index contributed by atoms with van der Waals surface area (Å²) in [5.74, 6) is -0.229. The standard InChI is InChI=1S/C17H13BrClF3N2O2S/c1-8-5-10(18)7-11(14(8)26-2)15(25)24-16(27)23-13-6-9(17(20,21)22)3-4-12(13)19/h3-7H,1-2H3,(H2,23,24,25,27). The van der Waals surface area contributed by atoms with Crippen molar-refractivity contribution in [1.29, 1.82) is 0 Å². The van der Waals surface area contributed by atoms with Crippen LogP contribution in [0.25, 0.3) is 0 Å². The van der Waals surface area contributed by atoms with Gasteiger partial charge in [-0.3, -0.25) is 10.1 Å². The van der Waals surface area contributed by atoms with Crippen molar-refractivity contribution in [2.24, 2.45) is 0 Å². The highest BCUT2D eigenvalue weighted by Gasteiger charge is 2.31. The number of alkyl halides is 3. The predicted molar refractivity (Wildman–Crippen MR) is 106 cm³/mol. The summed E-state index contributed by atoms with van der Waals surface area (Å²) in [6.45, 7) is 1.76. The lowest BCUT2D eigenvalue weighted by molar-refractivity contribution is -0.137. The highest BCUT2D eigenvalue weighted by atomic mass is 79.9. The van der Waals surface area contributed by atoms with E-state index in [4.69, 9.17) is 28.6 Å². The molecule has 144 valence electrons. The molecule has 4 nitrogen and oxygen atoms in total. The summed E-state index contributed by atoms with van der Waals surface area (Å²) < 4.78 is 44.4. The molecule has 0 aliphatic rings. The fraction of sp³-hybridized carbons (Fsp3) is 0.176. The summed E-state index contributed by atoms with van der Waals surface area (Å²) in [4.78, 5) is 12.5. The molecule has 0 heterocycles. The Morgan fingerprint density at radius 2 is 1.93 bits per heavy atom. The first-order valence-electron chi connectivity index (χ1n) is 7.36. The van der Waals surface area contributed by atoms with Crippen LogP contribution in [0.15, 0.2) is 34.8 Å². The van der Waals surface area contributed by atoms with Crippen LogP contribution in [0.4, 0.5) is 18.9 Å². The molecular formula is C17H13BrClF3N2O2S. The van der Waals surface area contributed by atoms with Crippen LogP contribution in [0, 0.1) is 6.92 Å². The molecule has 0 saturated heterocycles. The van der Waals surface area contributed by atoms with Gasteiger partial charge in [0.15, 0.2) is 5.11 Å². The molecule has 0 saturated carbocycles. The molecule has 0 radical (unpaired) electrons. The van der Waals surface area contributed by atoms with E-state index in [1.165, 1.54) is 7.11 Å². The van der Waals surface area contributed by atoms with E-state index in [2.05, 4.69) is 26.6 Å². The van der Waals surface area contributed by atoms with E-state index >= 15 is 0 Å². The van der Waals surface area contributed by atoms with Gasteiger partial charge < -0.3 is 10.1 Å². The van der Waals surface area contributed by atoms with Gasteiger partial charge in [-0.2, -0.15) is 13.2 Å². The number of amides is 1. The Hall–Kier alpha value is -1.84. The molecule has 27 heavy (non-hydrogen) atoms. The number of rotatable bonds is 3. The molecule has 0 atom stereocenters. The second kappa shape index (κ2) is 8.45. The maximum absolute atomic E-state index is 12.8. The van der Waals surface area contributed by atoms with Gasteiger partial charge in [-0.1, -0.05) is 27.5 Å². The summed E-state index contributed by atoms with van der Waals surface area (Å²) in [5.41, 5.74) is -0.0394. The predicted octanol–water partition coefficient (Wildman–Crippen LogP) is 5.57. The second-order valence-electron chi connectivity index (χ2n) is 5.40. The molecule has 10 heteroatoms. The lowest BCUT2D eigenvalue weighted by atomic mass is 10.1. The van der Waals surface area contributed by atoms with E-state index < -0.39 is 17.6 Å². The van der Waals surface area contributed by atoms with E-state index in [-0.39, 0.29) is 21.4 Å². The number of methoxy groups -OCH3 is 1. The fourth-order valence-electron chi connectivity index (χ4n) is 2.29. The highest BCUT2D eigenvalue weighted by molar-refractivity contribution is 9.10. The zero-order valence-corrected chi connectivity index (χ0v) is 17.2. The smallest absolute Gasteiger partial charge is 0.416 e. The Bertz CT molecular complexity index is 906. The third kappa shape index (κ3) is 5.33. The topological polar surface area (TPSA) is 50.4 Å². The molecule has 0 fully saturated rings. The van der Waals surface area contributed by atoms with Gasteiger partial charge in [0.05, 0.1) is 28.9 Å².